The fourth-order valence-corrected chi connectivity index (χ4v) is 3.56. The van der Waals surface area contributed by atoms with E-state index in [1.54, 1.807) is 4.68 Å². The molecule has 6 nitrogen and oxygen atoms in total. The Labute approximate surface area is 166 Å². The summed E-state index contributed by atoms with van der Waals surface area (Å²) in [5.41, 5.74) is 9.14. The molecule has 2 aromatic heterocycles. The van der Waals surface area contributed by atoms with E-state index in [0.29, 0.717) is 16.7 Å². The molecule has 2 heterocycles. The number of rotatable bonds is 3. The molecule has 0 atom stereocenters. The largest absolute Gasteiger partial charge is 0.457 e. The highest BCUT2D eigenvalue weighted by molar-refractivity contribution is 6.06. The van der Waals surface area contributed by atoms with Crippen LogP contribution in [0.5, 0.6) is 11.5 Å². The Bertz CT molecular complexity index is 1420. The Hall–Kier alpha value is -4.06. The lowest BCUT2D eigenvalue weighted by Gasteiger charge is -2.11. The number of benzene rings is 3. The fraction of sp³-hybridized carbons (Fsp3) is 0.0435. The highest BCUT2D eigenvalue weighted by Crippen LogP contribution is 2.30. The number of aryl methyl sites for hydroxylation is 1. The molecular formula is C23H18N4O2. The van der Waals surface area contributed by atoms with Gasteiger partial charge in [0, 0.05) is 5.39 Å². The second kappa shape index (κ2) is 6.53. The first kappa shape index (κ1) is 17.1. The number of nitrogen functional groups attached to an aromatic ring is 1. The predicted molar refractivity (Wildman–Crippen MR) is 115 cm³/mol. The summed E-state index contributed by atoms with van der Waals surface area (Å²) in [4.78, 5) is 15.5. The van der Waals surface area contributed by atoms with Gasteiger partial charge in [0.25, 0.3) is 5.56 Å². The second-order valence-corrected chi connectivity index (χ2v) is 6.88. The van der Waals surface area contributed by atoms with Gasteiger partial charge in [0.15, 0.2) is 0 Å². The SMILES string of the molecule is Cc1cc(Oc2ccccc2)ccc1-n1nc2c(c1N)c(=O)[nH]c1ccccc12. The third kappa shape index (κ3) is 2.82. The van der Waals surface area contributed by atoms with E-state index in [1.807, 2.05) is 79.7 Å². The van der Waals surface area contributed by atoms with Crippen LogP contribution in [0, 0.1) is 6.92 Å². The first-order chi connectivity index (χ1) is 14.1. The highest BCUT2D eigenvalue weighted by Gasteiger charge is 2.17. The molecule has 5 aromatic rings. The molecule has 0 aliphatic heterocycles. The Balaban J connectivity index is 1.64. The van der Waals surface area contributed by atoms with Crippen LogP contribution >= 0.6 is 0 Å². The van der Waals surface area contributed by atoms with Crippen LogP contribution in [0.2, 0.25) is 0 Å². The van der Waals surface area contributed by atoms with Gasteiger partial charge >= 0.3 is 0 Å². The number of hydrogen-bond acceptors (Lipinski definition) is 4. The van der Waals surface area contributed by atoms with Crippen LogP contribution in [0.4, 0.5) is 5.82 Å². The predicted octanol–water partition coefficient (Wildman–Crippen LogP) is 4.55. The third-order valence-electron chi connectivity index (χ3n) is 4.95. The van der Waals surface area contributed by atoms with E-state index in [4.69, 9.17) is 10.5 Å². The van der Waals surface area contributed by atoms with Crippen molar-refractivity contribution in [1.29, 1.82) is 0 Å². The summed E-state index contributed by atoms with van der Waals surface area (Å²) in [5, 5.41) is 5.93. The lowest BCUT2D eigenvalue weighted by molar-refractivity contribution is 0.482. The molecule has 0 aliphatic rings. The summed E-state index contributed by atoms with van der Waals surface area (Å²) in [5.74, 6) is 1.80. The molecule has 0 fully saturated rings. The van der Waals surface area contributed by atoms with Crippen LogP contribution in [0.3, 0.4) is 0 Å². The summed E-state index contributed by atoms with van der Waals surface area (Å²) in [6.07, 6.45) is 0. The van der Waals surface area contributed by atoms with Crippen LogP contribution in [0.1, 0.15) is 5.56 Å². The van der Waals surface area contributed by atoms with Crippen molar-refractivity contribution in [3.63, 3.8) is 0 Å². The third-order valence-corrected chi connectivity index (χ3v) is 4.95. The molecule has 0 aliphatic carbocycles. The van der Waals surface area contributed by atoms with Crippen molar-refractivity contribution in [2.24, 2.45) is 0 Å². The van der Waals surface area contributed by atoms with Crippen molar-refractivity contribution in [3.05, 3.63) is 88.7 Å². The number of nitrogens with zero attached hydrogens (tertiary/aromatic N) is 2. The average molecular weight is 382 g/mol. The van der Waals surface area contributed by atoms with Gasteiger partial charge in [-0.25, -0.2) is 4.68 Å². The molecule has 0 spiro atoms. The van der Waals surface area contributed by atoms with Gasteiger partial charge in [-0.2, -0.15) is 5.10 Å². The van der Waals surface area contributed by atoms with Crippen LogP contribution in [0.15, 0.2) is 77.6 Å². The van der Waals surface area contributed by atoms with Crippen molar-refractivity contribution in [3.8, 4) is 17.2 Å². The number of aromatic amines is 1. The minimum Gasteiger partial charge on any atom is -0.457 e. The second-order valence-electron chi connectivity index (χ2n) is 6.88. The lowest BCUT2D eigenvalue weighted by atomic mass is 10.1. The first-order valence-electron chi connectivity index (χ1n) is 9.25. The number of H-pyrrole nitrogens is 1. The zero-order valence-corrected chi connectivity index (χ0v) is 15.7. The smallest absolute Gasteiger partial charge is 0.261 e. The number of ether oxygens (including phenoxy) is 1. The van der Waals surface area contributed by atoms with Crippen LogP contribution in [-0.2, 0) is 0 Å². The molecule has 0 saturated heterocycles. The van der Waals surface area contributed by atoms with Gasteiger partial charge in [0.05, 0.1) is 11.2 Å². The van der Waals surface area contributed by atoms with E-state index >= 15 is 0 Å². The normalized spacial score (nSPS) is 11.2. The molecule has 0 radical (unpaired) electrons. The van der Waals surface area contributed by atoms with Gasteiger partial charge in [-0.1, -0.05) is 36.4 Å². The van der Waals surface area contributed by atoms with Gasteiger partial charge in [0.1, 0.15) is 28.2 Å². The number of nitrogens with one attached hydrogen (secondary N) is 1. The van der Waals surface area contributed by atoms with E-state index in [-0.39, 0.29) is 5.56 Å². The number of fused-ring (bicyclic) bond motifs is 3. The minimum absolute atomic E-state index is 0.246. The summed E-state index contributed by atoms with van der Waals surface area (Å²) in [6, 6.07) is 22.8. The topological polar surface area (TPSA) is 85.9 Å². The average Bonchev–Trinajstić information content (AvgIpc) is 3.07. The monoisotopic (exact) mass is 382 g/mol. The van der Waals surface area contributed by atoms with Gasteiger partial charge in [-0.05, 0) is 48.9 Å². The first-order valence-corrected chi connectivity index (χ1v) is 9.25. The maximum Gasteiger partial charge on any atom is 0.261 e. The molecular weight excluding hydrogens is 364 g/mol. The lowest BCUT2D eigenvalue weighted by Crippen LogP contribution is -2.08. The Kier molecular flexibility index (Phi) is 3.84. The van der Waals surface area contributed by atoms with Crippen molar-refractivity contribution in [2.75, 3.05) is 5.73 Å². The van der Waals surface area contributed by atoms with Gasteiger partial charge in [-0.15, -0.1) is 0 Å². The van der Waals surface area contributed by atoms with E-state index < -0.39 is 0 Å². The van der Waals surface area contributed by atoms with E-state index in [2.05, 4.69) is 10.1 Å². The van der Waals surface area contributed by atoms with Crippen LogP contribution < -0.4 is 16.0 Å². The quantitative estimate of drug-likeness (QED) is 0.479. The Morgan fingerprint density at radius 1 is 0.966 bits per heavy atom. The number of hydrogen-bond donors (Lipinski definition) is 2. The van der Waals surface area contributed by atoms with Gasteiger partial charge < -0.3 is 15.5 Å². The zero-order chi connectivity index (χ0) is 20.0. The molecule has 142 valence electrons. The number of nitrogens with two attached hydrogens (primary N) is 1. The molecule has 0 saturated carbocycles. The summed E-state index contributed by atoms with van der Waals surface area (Å²) in [7, 11) is 0. The maximum atomic E-state index is 12.6. The Morgan fingerprint density at radius 2 is 1.72 bits per heavy atom. The van der Waals surface area contributed by atoms with Crippen molar-refractivity contribution in [2.45, 2.75) is 6.92 Å². The standard InChI is InChI=1S/C23H18N4O2/c1-14-13-16(29-15-7-3-2-4-8-15)11-12-19(14)27-22(24)20-21(26-27)17-9-5-6-10-18(17)25-23(20)28/h2-13H,24H2,1H3,(H,25,28). The molecule has 0 amide bonds. The van der Waals surface area contributed by atoms with Crippen molar-refractivity contribution < 1.29 is 4.74 Å². The molecule has 0 bridgehead atoms. The van der Waals surface area contributed by atoms with Gasteiger partial charge in [0.2, 0.25) is 0 Å². The molecule has 0 unspecified atom stereocenters. The fourth-order valence-electron chi connectivity index (χ4n) is 3.56. The molecule has 6 heteroatoms. The summed E-state index contributed by atoms with van der Waals surface area (Å²) < 4.78 is 7.52. The molecule has 29 heavy (non-hydrogen) atoms. The van der Waals surface area contributed by atoms with Gasteiger partial charge in [-0.3, -0.25) is 4.79 Å². The van der Waals surface area contributed by atoms with Crippen molar-refractivity contribution >= 4 is 27.6 Å². The van der Waals surface area contributed by atoms with Crippen molar-refractivity contribution in [1.82, 2.24) is 14.8 Å². The molecule has 3 N–H and O–H groups in total. The van der Waals surface area contributed by atoms with Crippen LogP contribution in [-0.4, -0.2) is 14.8 Å². The minimum atomic E-state index is -0.246. The van der Waals surface area contributed by atoms with E-state index in [0.717, 1.165) is 33.7 Å². The highest BCUT2D eigenvalue weighted by atomic mass is 16.5. The van der Waals surface area contributed by atoms with Crippen LogP contribution in [0.25, 0.3) is 27.5 Å². The number of aromatic nitrogens is 3. The molecule has 3 aromatic carbocycles. The number of anilines is 1. The number of pyridine rings is 1. The zero-order valence-electron chi connectivity index (χ0n) is 15.7. The van der Waals surface area contributed by atoms with E-state index in [1.165, 1.54) is 0 Å². The summed E-state index contributed by atoms with van der Waals surface area (Å²) >= 11 is 0. The molecule has 5 rings (SSSR count). The Morgan fingerprint density at radius 3 is 2.52 bits per heavy atom. The summed E-state index contributed by atoms with van der Waals surface area (Å²) in [6.45, 7) is 1.96. The van der Waals surface area contributed by atoms with E-state index in [9.17, 15) is 4.79 Å². The number of para-hydroxylation sites is 2. The maximum absolute atomic E-state index is 12.6.